The molecular weight excluding hydrogens is 479 g/mol. The molecule has 0 saturated carbocycles. The smallest absolute Gasteiger partial charge is 0.355 e. The molecule has 12 heteroatoms. The molecule has 0 bridgehead atoms. The van der Waals surface area contributed by atoms with Gasteiger partial charge in [-0.15, -0.1) is 0 Å². The van der Waals surface area contributed by atoms with E-state index in [9.17, 15) is 18.8 Å². The molecule has 1 heterocycles. The molecule has 1 aromatic heterocycles. The highest BCUT2D eigenvalue weighted by atomic mass is 35.5. The van der Waals surface area contributed by atoms with Gasteiger partial charge in [0, 0.05) is 36.9 Å². The van der Waals surface area contributed by atoms with Gasteiger partial charge in [-0.3, -0.25) is 4.57 Å². The van der Waals surface area contributed by atoms with Gasteiger partial charge >= 0.3 is 17.4 Å². The molecule has 3 rings (SSSR count). The lowest BCUT2D eigenvalue weighted by Gasteiger charge is -2.17. The van der Waals surface area contributed by atoms with Crippen LogP contribution in [0.25, 0.3) is 0 Å². The minimum atomic E-state index is -0.816. The first-order valence-electron chi connectivity index (χ1n) is 10.8. The second-order valence-corrected chi connectivity index (χ2v) is 8.24. The Morgan fingerprint density at radius 2 is 1.86 bits per heavy atom. The lowest BCUT2D eigenvalue weighted by molar-refractivity contribution is 0.231. The number of anilines is 2. The van der Waals surface area contributed by atoms with Crippen LogP contribution in [0.2, 0.25) is 5.02 Å². The van der Waals surface area contributed by atoms with Gasteiger partial charge in [0.25, 0.3) is 0 Å². The fourth-order valence-corrected chi connectivity index (χ4v) is 3.28. The zero-order chi connectivity index (χ0) is 25.5. The van der Waals surface area contributed by atoms with Crippen LogP contribution < -0.4 is 32.1 Å². The Kier molecular flexibility index (Phi) is 8.48. The first-order chi connectivity index (χ1) is 16.7. The van der Waals surface area contributed by atoms with Crippen molar-refractivity contribution in [1.29, 1.82) is 0 Å². The molecule has 3 aromatic rings. The number of rotatable bonds is 9. The van der Waals surface area contributed by atoms with Crippen molar-refractivity contribution in [2.45, 2.75) is 33.0 Å². The molecule has 0 radical (unpaired) electrons. The van der Waals surface area contributed by atoms with E-state index >= 15 is 0 Å². The van der Waals surface area contributed by atoms with Crippen molar-refractivity contribution in [3.63, 3.8) is 0 Å². The highest BCUT2D eigenvalue weighted by Crippen LogP contribution is 2.24. The average Bonchev–Trinajstić information content (AvgIpc) is 2.81. The number of hydrogen-bond acceptors (Lipinski definition) is 6. The number of carbonyl (C=O) groups excluding carboxylic acids is 1. The van der Waals surface area contributed by atoms with Crippen LogP contribution in [0.1, 0.15) is 19.4 Å². The number of hydrogen-bond donors (Lipinski definition) is 3. The van der Waals surface area contributed by atoms with E-state index in [0.717, 1.165) is 10.1 Å². The Morgan fingerprint density at radius 3 is 2.49 bits per heavy atom. The maximum Gasteiger partial charge on any atom is 0.355 e. The van der Waals surface area contributed by atoms with E-state index in [1.165, 1.54) is 23.7 Å². The van der Waals surface area contributed by atoms with E-state index in [1.807, 2.05) is 0 Å². The van der Waals surface area contributed by atoms with Gasteiger partial charge in [-0.25, -0.2) is 23.3 Å². The second-order valence-electron chi connectivity index (χ2n) is 7.81. The van der Waals surface area contributed by atoms with Gasteiger partial charge in [-0.05, 0) is 43.7 Å². The molecule has 10 nitrogen and oxygen atoms in total. The van der Waals surface area contributed by atoms with Gasteiger partial charge in [-0.2, -0.15) is 4.98 Å². The molecule has 2 amide bonds. The lowest BCUT2D eigenvalue weighted by Crippen LogP contribution is -2.45. The molecule has 0 saturated heterocycles. The summed E-state index contributed by atoms with van der Waals surface area (Å²) in [7, 11) is 1.45. The molecule has 3 N–H and O–H groups in total. The summed E-state index contributed by atoms with van der Waals surface area (Å²) in [6, 6.07) is 10.6. The van der Waals surface area contributed by atoms with Crippen LogP contribution in [0.15, 0.2) is 52.1 Å². The Bertz CT molecular complexity index is 1310. The van der Waals surface area contributed by atoms with Crippen molar-refractivity contribution in [1.82, 2.24) is 24.8 Å². The zero-order valence-electron chi connectivity index (χ0n) is 19.5. The van der Waals surface area contributed by atoms with Crippen LogP contribution in [0.3, 0.4) is 0 Å². The van der Waals surface area contributed by atoms with E-state index in [2.05, 4.69) is 20.9 Å². The van der Waals surface area contributed by atoms with E-state index < -0.39 is 23.2 Å². The maximum absolute atomic E-state index is 14.5. The average molecular weight is 505 g/mol. The van der Waals surface area contributed by atoms with Gasteiger partial charge in [-0.1, -0.05) is 23.7 Å². The fourth-order valence-electron chi connectivity index (χ4n) is 3.16. The number of aromatic nitrogens is 3. The van der Waals surface area contributed by atoms with Crippen LogP contribution in [-0.4, -0.2) is 39.8 Å². The molecule has 0 spiro atoms. The number of halogens is 2. The number of amides is 2. The summed E-state index contributed by atoms with van der Waals surface area (Å²) >= 11 is 5.96. The summed E-state index contributed by atoms with van der Waals surface area (Å²) < 4.78 is 22.1. The maximum atomic E-state index is 14.5. The normalized spacial score (nSPS) is 10.8. The quantitative estimate of drug-likeness (QED) is 0.412. The van der Waals surface area contributed by atoms with Crippen molar-refractivity contribution in [2.75, 3.05) is 18.9 Å². The van der Waals surface area contributed by atoms with Gasteiger partial charge in [0.15, 0.2) is 11.6 Å². The Hall–Kier alpha value is -3.86. The number of urea groups is 1. The minimum Gasteiger partial charge on any atom is -0.488 e. The van der Waals surface area contributed by atoms with Gasteiger partial charge in [0.1, 0.15) is 0 Å². The first-order valence-corrected chi connectivity index (χ1v) is 11.2. The summed E-state index contributed by atoms with van der Waals surface area (Å²) in [5, 5.41) is 8.29. The monoisotopic (exact) mass is 504 g/mol. The fraction of sp³-hybridized carbons (Fsp3) is 0.304. The van der Waals surface area contributed by atoms with Gasteiger partial charge in [0.2, 0.25) is 5.95 Å². The number of nitrogens with one attached hydrogen (secondary N) is 3. The summed E-state index contributed by atoms with van der Waals surface area (Å²) in [5.41, 5.74) is -0.471. The molecular formula is C23H26ClFN6O4. The SMILES string of the molecule is CNC(=O)NCCn1c(=O)nc(Nc2ccc(OC(C)C)c(F)c2)n(Cc2ccc(Cl)cc2)c1=O. The minimum absolute atomic E-state index is 0.0345. The summed E-state index contributed by atoms with van der Waals surface area (Å²) in [4.78, 5) is 41.3. The largest absolute Gasteiger partial charge is 0.488 e. The van der Waals surface area contributed by atoms with Crippen molar-refractivity contribution in [2.24, 2.45) is 0 Å². The van der Waals surface area contributed by atoms with Crippen molar-refractivity contribution < 1.29 is 13.9 Å². The number of nitrogens with zero attached hydrogens (tertiary/aromatic N) is 3. The molecule has 0 aliphatic carbocycles. The van der Waals surface area contributed by atoms with Crippen LogP contribution >= 0.6 is 11.6 Å². The summed E-state index contributed by atoms with van der Waals surface area (Å²) in [6.07, 6.45) is -0.208. The van der Waals surface area contributed by atoms with Crippen molar-refractivity contribution in [3.05, 3.63) is 79.8 Å². The standard InChI is InChI=1S/C23H26ClFN6O4/c1-14(2)35-19-9-8-17(12-18(19)25)28-20-29-22(33)30(11-10-27-21(32)26-3)23(34)31(20)13-15-4-6-16(24)7-5-15/h4-9,12,14H,10-11,13H2,1-3H3,(H2,26,27,32)(H,28,29,33). The van der Waals surface area contributed by atoms with Crippen molar-refractivity contribution in [3.8, 4) is 5.75 Å². The topological polar surface area (TPSA) is 119 Å². The van der Waals surface area contributed by atoms with Crippen molar-refractivity contribution >= 4 is 29.3 Å². The van der Waals surface area contributed by atoms with Crippen LogP contribution in [0.5, 0.6) is 5.75 Å². The Balaban J connectivity index is 1.98. The Labute approximate surface area is 205 Å². The zero-order valence-corrected chi connectivity index (χ0v) is 20.2. The van der Waals surface area contributed by atoms with Gasteiger partial charge < -0.3 is 20.7 Å². The molecule has 0 unspecified atom stereocenters. The summed E-state index contributed by atoms with van der Waals surface area (Å²) in [5.74, 6) is -0.595. The molecule has 2 aromatic carbocycles. The van der Waals surface area contributed by atoms with Crippen LogP contribution in [0, 0.1) is 5.82 Å². The predicted molar refractivity (Wildman–Crippen MR) is 131 cm³/mol. The van der Waals surface area contributed by atoms with E-state index in [1.54, 1.807) is 44.2 Å². The molecule has 0 aliphatic rings. The number of ether oxygens (including phenoxy) is 1. The second kappa shape index (κ2) is 11.5. The molecule has 0 fully saturated rings. The summed E-state index contributed by atoms with van der Waals surface area (Å²) in [6.45, 7) is 3.57. The third kappa shape index (κ3) is 6.82. The van der Waals surface area contributed by atoms with Crippen LogP contribution in [0.4, 0.5) is 20.8 Å². The lowest BCUT2D eigenvalue weighted by atomic mass is 10.2. The molecule has 0 atom stereocenters. The highest BCUT2D eigenvalue weighted by molar-refractivity contribution is 6.30. The van der Waals surface area contributed by atoms with E-state index in [4.69, 9.17) is 16.3 Å². The first kappa shape index (κ1) is 25.8. The number of benzene rings is 2. The molecule has 35 heavy (non-hydrogen) atoms. The molecule has 186 valence electrons. The van der Waals surface area contributed by atoms with Crippen LogP contribution in [-0.2, 0) is 13.1 Å². The van der Waals surface area contributed by atoms with Gasteiger partial charge in [0.05, 0.1) is 12.6 Å². The molecule has 0 aliphatic heterocycles. The van der Waals surface area contributed by atoms with E-state index in [0.29, 0.717) is 5.02 Å². The highest BCUT2D eigenvalue weighted by Gasteiger charge is 2.15. The Morgan fingerprint density at radius 1 is 1.14 bits per heavy atom. The third-order valence-electron chi connectivity index (χ3n) is 4.80. The third-order valence-corrected chi connectivity index (χ3v) is 5.05. The van der Waals surface area contributed by atoms with E-state index in [-0.39, 0.29) is 43.1 Å². The number of carbonyl (C=O) groups is 1. The predicted octanol–water partition coefficient (Wildman–Crippen LogP) is 2.71.